The monoisotopic (exact) mass is 324 g/mol. The summed E-state index contributed by atoms with van der Waals surface area (Å²) in [6, 6.07) is 0. The molecule has 6 nitrogen and oxygen atoms in total. The smallest absolute Gasteiger partial charge is 0.222 e. The number of aromatic nitrogens is 4. The largest absolute Gasteiger partial charge is 0.368 e. The molecule has 1 unspecified atom stereocenters. The quantitative estimate of drug-likeness (QED) is 0.840. The Morgan fingerprint density at radius 1 is 1.08 bits per heavy atom. The number of hydrogen-bond donors (Lipinski definition) is 2. The molecule has 1 aliphatic heterocycles. The zero-order valence-electron chi connectivity index (χ0n) is 14.0. The van der Waals surface area contributed by atoms with Crippen LogP contribution in [0.15, 0.2) is 6.20 Å². The first-order valence-corrected chi connectivity index (χ1v) is 9.18. The Hall–Kier alpha value is -2.11. The molecule has 1 atom stereocenters. The first kappa shape index (κ1) is 14.3. The van der Waals surface area contributed by atoms with Crippen LogP contribution < -0.4 is 10.6 Å². The fraction of sp³-hybridized carbons (Fsp3) is 0.611. The molecule has 2 aromatic rings. The lowest BCUT2D eigenvalue weighted by atomic mass is 9.77. The van der Waals surface area contributed by atoms with Crippen LogP contribution in [0.25, 0.3) is 0 Å². The molecule has 1 saturated heterocycles. The zero-order valence-corrected chi connectivity index (χ0v) is 14.0. The molecule has 24 heavy (non-hydrogen) atoms. The van der Waals surface area contributed by atoms with Gasteiger partial charge in [0.2, 0.25) is 5.95 Å². The van der Waals surface area contributed by atoms with Gasteiger partial charge in [-0.05, 0) is 56.9 Å². The van der Waals surface area contributed by atoms with Crippen molar-refractivity contribution in [2.45, 2.75) is 56.8 Å². The number of anilines is 2. The van der Waals surface area contributed by atoms with Crippen LogP contribution in [-0.4, -0.2) is 33.3 Å². The molecule has 0 saturated carbocycles. The van der Waals surface area contributed by atoms with E-state index < -0.39 is 0 Å². The molecular formula is C18H24N6. The maximum Gasteiger partial charge on any atom is 0.222 e. The average molecular weight is 324 g/mol. The predicted molar refractivity (Wildman–Crippen MR) is 93.1 cm³/mol. The summed E-state index contributed by atoms with van der Waals surface area (Å²) in [7, 11) is 0. The minimum absolute atomic E-state index is 0.214. The van der Waals surface area contributed by atoms with Crippen molar-refractivity contribution >= 4 is 11.8 Å². The number of H-pyrrole nitrogens is 1. The Bertz CT molecular complexity index is 782. The van der Waals surface area contributed by atoms with Gasteiger partial charge in [-0.3, -0.25) is 5.10 Å². The highest BCUT2D eigenvalue weighted by molar-refractivity contribution is 5.54. The fourth-order valence-electron chi connectivity index (χ4n) is 5.03. The highest BCUT2D eigenvalue weighted by Gasteiger charge is 2.44. The Morgan fingerprint density at radius 2 is 2.00 bits per heavy atom. The van der Waals surface area contributed by atoms with Crippen LogP contribution in [0.5, 0.6) is 0 Å². The van der Waals surface area contributed by atoms with Gasteiger partial charge in [0.05, 0.1) is 11.9 Å². The van der Waals surface area contributed by atoms with Crippen molar-refractivity contribution in [2.75, 3.05) is 23.7 Å². The fourth-order valence-corrected chi connectivity index (χ4v) is 5.03. The van der Waals surface area contributed by atoms with Crippen LogP contribution in [0.4, 0.5) is 11.8 Å². The van der Waals surface area contributed by atoms with E-state index in [9.17, 15) is 0 Å². The van der Waals surface area contributed by atoms with Crippen LogP contribution in [0.1, 0.15) is 54.6 Å². The summed E-state index contributed by atoms with van der Waals surface area (Å²) in [4.78, 5) is 11.7. The van der Waals surface area contributed by atoms with Gasteiger partial charge in [0.25, 0.3) is 0 Å². The van der Waals surface area contributed by atoms with Crippen molar-refractivity contribution in [3.63, 3.8) is 0 Å². The predicted octanol–water partition coefficient (Wildman–Crippen LogP) is 2.15. The summed E-state index contributed by atoms with van der Waals surface area (Å²) in [5, 5.41) is 7.58. The lowest BCUT2D eigenvalue weighted by Crippen LogP contribution is -2.46. The van der Waals surface area contributed by atoms with Gasteiger partial charge in [0.1, 0.15) is 5.82 Å². The third kappa shape index (κ3) is 2.05. The van der Waals surface area contributed by atoms with Crippen LogP contribution in [0.3, 0.4) is 0 Å². The van der Waals surface area contributed by atoms with E-state index in [0.29, 0.717) is 5.95 Å². The molecule has 0 aromatic carbocycles. The van der Waals surface area contributed by atoms with Gasteiger partial charge in [-0.25, -0.2) is 4.98 Å². The summed E-state index contributed by atoms with van der Waals surface area (Å²) < 4.78 is 0. The SMILES string of the molecule is Nc1nc2c(c(N3CCCC4(CCc5cn[nH]c54)C3)n1)CCCC2. The number of rotatable bonds is 1. The van der Waals surface area contributed by atoms with Crippen molar-refractivity contribution in [1.29, 1.82) is 0 Å². The van der Waals surface area contributed by atoms with Gasteiger partial charge < -0.3 is 10.6 Å². The number of aryl methyl sites for hydroxylation is 2. The Kier molecular flexibility index (Phi) is 3.08. The second-order valence-corrected chi connectivity index (χ2v) is 7.61. The average Bonchev–Trinajstić information content (AvgIpc) is 3.19. The standard InChI is InChI=1S/C18H24N6/c19-17-21-14-5-2-1-4-13(14)16(22-17)24-9-3-7-18(11-24)8-6-12-10-20-23-15(12)18/h10H,1-9,11H2,(H,20,23)(H2,19,21,22). The van der Waals surface area contributed by atoms with E-state index in [-0.39, 0.29) is 5.41 Å². The second kappa shape index (κ2) is 5.19. The Labute approximate surface area is 141 Å². The molecule has 6 heteroatoms. The molecule has 3 N–H and O–H groups in total. The molecule has 3 heterocycles. The van der Waals surface area contributed by atoms with Crippen LogP contribution in [-0.2, 0) is 24.7 Å². The third-order valence-electron chi connectivity index (χ3n) is 6.18. The van der Waals surface area contributed by atoms with Crippen molar-refractivity contribution in [3.05, 3.63) is 28.7 Å². The van der Waals surface area contributed by atoms with Crippen molar-refractivity contribution in [1.82, 2.24) is 20.2 Å². The Balaban J connectivity index is 1.53. The molecule has 1 fully saturated rings. The number of nitrogens with two attached hydrogens (primary N) is 1. The molecular weight excluding hydrogens is 300 g/mol. The van der Waals surface area contributed by atoms with Gasteiger partial charge in [-0.2, -0.15) is 10.1 Å². The zero-order chi connectivity index (χ0) is 16.1. The van der Waals surface area contributed by atoms with E-state index >= 15 is 0 Å². The van der Waals surface area contributed by atoms with Crippen LogP contribution in [0.2, 0.25) is 0 Å². The van der Waals surface area contributed by atoms with Crippen LogP contribution in [0, 0.1) is 0 Å². The van der Waals surface area contributed by atoms with Gasteiger partial charge >= 0.3 is 0 Å². The topological polar surface area (TPSA) is 83.7 Å². The normalized spacial score (nSPS) is 25.8. The number of piperidine rings is 1. The van der Waals surface area contributed by atoms with E-state index in [2.05, 4.69) is 25.1 Å². The molecule has 0 radical (unpaired) electrons. The number of nitrogens with one attached hydrogen (secondary N) is 1. The lowest BCUT2D eigenvalue weighted by molar-refractivity contribution is 0.331. The number of fused-ring (bicyclic) bond motifs is 3. The van der Waals surface area contributed by atoms with Crippen molar-refractivity contribution < 1.29 is 0 Å². The molecule has 2 aliphatic carbocycles. The molecule has 5 rings (SSSR count). The summed E-state index contributed by atoms with van der Waals surface area (Å²) in [6.45, 7) is 2.08. The lowest BCUT2D eigenvalue weighted by Gasteiger charge is -2.42. The maximum atomic E-state index is 6.03. The first-order valence-electron chi connectivity index (χ1n) is 9.18. The van der Waals surface area contributed by atoms with Crippen molar-refractivity contribution in [3.8, 4) is 0 Å². The summed E-state index contributed by atoms with van der Waals surface area (Å²) >= 11 is 0. The first-order chi connectivity index (χ1) is 11.8. The summed E-state index contributed by atoms with van der Waals surface area (Å²) in [6.07, 6.45) is 11.4. The summed E-state index contributed by atoms with van der Waals surface area (Å²) in [5.41, 5.74) is 11.5. The summed E-state index contributed by atoms with van der Waals surface area (Å²) in [5.74, 6) is 1.53. The maximum absolute atomic E-state index is 6.03. The minimum atomic E-state index is 0.214. The molecule has 0 bridgehead atoms. The van der Waals surface area contributed by atoms with Crippen molar-refractivity contribution in [2.24, 2.45) is 0 Å². The van der Waals surface area contributed by atoms with E-state index in [4.69, 9.17) is 5.73 Å². The number of nitrogen functional groups attached to an aromatic ring is 1. The van der Waals surface area contributed by atoms with Crippen LogP contribution >= 0.6 is 0 Å². The van der Waals surface area contributed by atoms with Gasteiger partial charge in [-0.1, -0.05) is 0 Å². The number of hydrogen-bond acceptors (Lipinski definition) is 5. The number of aromatic amines is 1. The minimum Gasteiger partial charge on any atom is -0.368 e. The van der Waals surface area contributed by atoms with E-state index in [1.54, 1.807) is 0 Å². The van der Waals surface area contributed by atoms with E-state index in [1.807, 2.05) is 6.20 Å². The molecule has 126 valence electrons. The third-order valence-corrected chi connectivity index (χ3v) is 6.18. The molecule has 2 aromatic heterocycles. The Morgan fingerprint density at radius 3 is 2.96 bits per heavy atom. The van der Waals surface area contributed by atoms with Gasteiger partial charge in [0.15, 0.2) is 0 Å². The highest BCUT2D eigenvalue weighted by Crippen LogP contribution is 2.45. The molecule has 3 aliphatic rings. The highest BCUT2D eigenvalue weighted by atomic mass is 15.2. The molecule has 1 spiro atoms. The molecule has 0 amide bonds. The second-order valence-electron chi connectivity index (χ2n) is 7.61. The number of nitrogens with zero attached hydrogens (tertiary/aromatic N) is 4. The van der Waals surface area contributed by atoms with E-state index in [1.165, 1.54) is 54.6 Å². The van der Waals surface area contributed by atoms with Gasteiger partial charge in [-0.15, -0.1) is 0 Å². The van der Waals surface area contributed by atoms with Gasteiger partial charge in [0, 0.05) is 29.8 Å². The van der Waals surface area contributed by atoms with E-state index in [0.717, 1.165) is 38.2 Å².